The summed E-state index contributed by atoms with van der Waals surface area (Å²) in [6, 6.07) is 10.1. The molecule has 0 aliphatic carbocycles. The minimum atomic E-state index is -5.08. The molecule has 0 atom stereocenters. The number of carbonyl (C=O) groups is 2. The standard InChI is InChI=1S/C22H26N6O.C2HF3O2/c1-25-11-13-27(14-12-25)19-7-9-23-17-15-28(22(29)21(17)19)10-8-20-24-16-5-3-4-6-18(16)26(20)2;3-2(4,5)1(6)7/h3-7,9H,8,10-15H2,1-2H3;(H,6,7). The zero-order valence-electron chi connectivity index (χ0n) is 20.0. The maximum atomic E-state index is 13.2. The number of nitrogens with zero attached hydrogens (tertiary/aromatic N) is 6. The van der Waals surface area contributed by atoms with Gasteiger partial charge in [-0.3, -0.25) is 9.78 Å². The van der Waals surface area contributed by atoms with E-state index in [4.69, 9.17) is 14.9 Å². The fourth-order valence-corrected chi connectivity index (χ4v) is 4.40. The van der Waals surface area contributed by atoms with E-state index in [9.17, 15) is 18.0 Å². The summed E-state index contributed by atoms with van der Waals surface area (Å²) in [5.74, 6) is -1.66. The number of carboxylic acid groups (broad SMARTS) is 1. The van der Waals surface area contributed by atoms with Crippen LogP contribution in [0.15, 0.2) is 36.5 Å². The second-order valence-corrected chi connectivity index (χ2v) is 8.80. The summed E-state index contributed by atoms with van der Waals surface area (Å²) in [5, 5.41) is 7.12. The van der Waals surface area contributed by atoms with Crippen LogP contribution in [0, 0.1) is 0 Å². The predicted molar refractivity (Wildman–Crippen MR) is 127 cm³/mol. The number of benzene rings is 1. The van der Waals surface area contributed by atoms with Gasteiger partial charge >= 0.3 is 12.1 Å². The highest BCUT2D eigenvalue weighted by atomic mass is 19.4. The second kappa shape index (κ2) is 10.1. The zero-order valence-corrected chi connectivity index (χ0v) is 20.0. The van der Waals surface area contributed by atoms with Gasteiger partial charge < -0.3 is 24.4 Å². The number of para-hydroxylation sites is 2. The van der Waals surface area contributed by atoms with E-state index in [2.05, 4.69) is 32.5 Å². The van der Waals surface area contributed by atoms with Crippen molar-refractivity contribution in [2.45, 2.75) is 19.1 Å². The quantitative estimate of drug-likeness (QED) is 0.584. The largest absolute Gasteiger partial charge is 0.490 e. The maximum Gasteiger partial charge on any atom is 0.490 e. The second-order valence-electron chi connectivity index (χ2n) is 8.80. The number of likely N-dealkylation sites (N-methyl/N-ethyl adjacent to an activating group) is 1. The number of carboxylic acids is 1. The molecule has 0 radical (unpaired) electrons. The van der Waals surface area contributed by atoms with Crippen molar-refractivity contribution in [3.05, 3.63) is 53.6 Å². The van der Waals surface area contributed by atoms with Crippen LogP contribution in [0.3, 0.4) is 0 Å². The van der Waals surface area contributed by atoms with Crippen molar-refractivity contribution in [2.24, 2.45) is 7.05 Å². The lowest BCUT2D eigenvalue weighted by Gasteiger charge is -2.34. The third-order valence-electron chi connectivity index (χ3n) is 6.42. The summed E-state index contributed by atoms with van der Waals surface area (Å²) < 4.78 is 33.9. The van der Waals surface area contributed by atoms with E-state index in [-0.39, 0.29) is 5.91 Å². The molecule has 1 fully saturated rings. The molecule has 4 heterocycles. The molecule has 2 aliphatic rings. The smallest absolute Gasteiger partial charge is 0.475 e. The molecule has 2 aliphatic heterocycles. The number of imidazole rings is 1. The number of fused-ring (bicyclic) bond motifs is 2. The van der Waals surface area contributed by atoms with Gasteiger partial charge in [-0.1, -0.05) is 12.1 Å². The van der Waals surface area contributed by atoms with E-state index in [1.165, 1.54) is 0 Å². The lowest BCUT2D eigenvalue weighted by Crippen LogP contribution is -2.45. The Hall–Kier alpha value is -3.67. The fraction of sp³-hybridized carbons (Fsp3) is 0.417. The van der Waals surface area contributed by atoms with E-state index in [0.29, 0.717) is 13.1 Å². The van der Waals surface area contributed by atoms with E-state index in [1.54, 1.807) is 0 Å². The van der Waals surface area contributed by atoms with Crippen molar-refractivity contribution >= 4 is 28.6 Å². The number of alkyl halides is 3. The molecule has 3 aromatic rings. The topological polar surface area (TPSA) is 94.8 Å². The zero-order chi connectivity index (χ0) is 26.0. The van der Waals surface area contributed by atoms with Crippen LogP contribution in [0.4, 0.5) is 18.9 Å². The van der Waals surface area contributed by atoms with Crippen molar-refractivity contribution < 1.29 is 27.9 Å². The van der Waals surface area contributed by atoms with Gasteiger partial charge in [0.2, 0.25) is 0 Å². The molecule has 1 N–H and O–H groups in total. The van der Waals surface area contributed by atoms with E-state index >= 15 is 0 Å². The highest BCUT2D eigenvalue weighted by Gasteiger charge is 2.38. The third kappa shape index (κ3) is 5.27. The van der Waals surface area contributed by atoms with Crippen LogP contribution in [0.1, 0.15) is 21.9 Å². The summed E-state index contributed by atoms with van der Waals surface area (Å²) >= 11 is 0. The van der Waals surface area contributed by atoms with Gasteiger partial charge in [-0.15, -0.1) is 0 Å². The number of piperazine rings is 1. The summed E-state index contributed by atoms with van der Waals surface area (Å²) in [5.41, 5.74) is 4.86. The summed E-state index contributed by atoms with van der Waals surface area (Å²) in [6.07, 6.45) is -2.51. The van der Waals surface area contributed by atoms with Crippen LogP contribution >= 0.6 is 0 Å². The summed E-state index contributed by atoms with van der Waals surface area (Å²) in [7, 11) is 4.18. The molecule has 1 aromatic carbocycles. The molecule has 5 rings (SSSR count). The number of pyridine rings is 1. The van der Waals surface area contributed by atoms with Gasteiger partial charge in [-0.25, -0.2) is 9.78 Å². The van der Waals surface area contributed by atoms with Crippen molar-refractivity contribution in [3.63, 3.8) is 0 Å². The molecule has 192 valence electrons. The fourth-order valence-electron chi connectivity index (χ4n) is 4.40. The monoisotopic (exact) mass is 504 g/mol. The highest BCUT2D eigenvalue weighted by Crippen LogP contribution is 2.31. The molecule has 0 saturated carbocycles. The van der Waals surface area contributed by atoms with Crippen molar-refractivity contribution in [1.82, 2.24) is 24.3 Å². The van der Waals surface area contributed by atoms with Crippen LogP contribution in [0.25, 0.3) is 11.0 Å². The van der Waals surface area contributed by atoms with Gasteiger partial charge in [0.1, 0.15) is 5.82 Å². The Labute approximate surface area is 205 Å². The number of hydrogen-bond donors (Lipinski definition) is 1. The Morgan fingerprint density at radius 1 is 1.08 bits per heavy atom. The Kier molecular flexibility index (Phi) is 7.16. The number of anilines is 1. The van der Waals surface area contributed by atoms with Gasteiger partial charge in [0.05, 0.1) is 34.5 Å². The van der Waals surface area contributed by atoms with Gasteiger partial charge in [0.15, 0.2) is 0 Å². The molecule has 1 saturated heterocycles. The first kappa shape index (κ1) is 25.4. The molecule has 12 heteroatoms. The Bertz CT molecular complexity index is 1270. The van der Waals surface area contributed by atoms with Crippen LogP contribution in [0.5, 0.6) is 0 Å². The first-order chi connectivity index (χ1) is 17.1. The summed E-state index contributed by atoms with van der Waals surface area (Å²) in [6.45, 7) is 5.15. The molecule has 2 aromatic heterocycles. The number of aryl methyl sites for hydroxylation is 1. The number of aliphatic carboxylic acids is 1. The number of rotatable bonds is 4. The lowest BCUT2D eigenvalue weighted by atomic mass is 10.1. The van der Waals surface area contributed by atoms with Crippen molar-refractivity contribution in [3.8, 4) is 0 Å². The minimum Gasteiger partial charge on any atom is -0.475 e. The molecule has 36 heavy (non-hydrogen) atoms. The number of aromatic nitrogens is 3. The van der Waals surface area contributed by atoms with E-state index in [0.717, 1.165) is 66.4 Å². The van der Waals surface area contributed by atoms with Gasteiger partial charge in [0.25, 0.3) is 5.91 Å². The van der Waals surface area contributed by atoms with E-state index in [1.807, 2.05) is 42.4 Å². The van der Waals surface area contributed by atoms with Gasteiger partial charge in [0, 0.05) is 52.4 Å². The normalized spacial score (nSPS) is 16.2. The SMILES string of the molecule is CN1CCN(c2ccnc3c2C(=O)N(CCc2nc4ccccc4n2C)C3)CC1.O=C(O)C(F)(F)F. The Balaban J connectivity index is 0.000000384. The van der Waals surface area contributed by atoms with Crippen molar-refractivity contribution in [2.75, 3.05) is 44.7 Å². The Morgan fingerprint density at radius 2 is 1.75 bits per heavy atom. The van der Waals surface area contributed by atoms with Crippen LogP contribution in [0.2, 0.25) is 0 Å². The van der Waals surface area contributed by atoms with Crippen LogP contribution in [-0.4, -0.2) is 87.3 Å². The average molecular weight is 505 g/mol. The minimum absolute atomic E-state index is 0.0980. The number of carbonyl (C=O) groups excluding carboxylic acids is 1. The molecule has 9 nitrogen and oxygen atoms in total. The van der Waals surface area contributed by atoms with Gasteiger partial charge in [-0.2, -0.15) is 13.2 Å². The van der Waals surface area contributed by atoms with Gasteiger partial charge in [-0.05, 0) is 25.2 Å². The third-order valence-corrected chi connectivity index (χ3v) is 6.42. The molecule has 1 amide bonds. The molecule has 0 unspecified atom stereocenters. The lowest BCUT2D eigenvalue weighted by molar-refractivity contribution is -0.192. The van der Waals surface area contributed by atoms with Crippen LogP contribution in [-0.2, 0) is 24.8 Å². The maximum absolute atomic E-state index is 13.2. The van der Waals surface area contributed by atoms with Crippen LogP contribution < -0.4 is 4.90 Å². The molecule has 0 bridgehead atoms. The summed E-state index contributed by atoms with van der Waals surface area (Å²) in [4.78, 5) is 37.9. The Morgan fingerprint density at radius 3 is 2.39 bits per heavy atom. The molecular weight excluding hydrogens is 477 g/mol. The number of hydrogen-bond acceptors (Lipinski definition) is 6. The molecular formula is C24H27F3N6O3. The van der Waals surface area contributed by atoms with E-state index < -0.39 is 12.1 Å². The predicted octanol–water partition coefficient (Wildman–Crippen LogP) is 2.55. The first-order valence-corrected chi connectivity index (χ1v) is 11.5. The highest BCUT2D eigenvalue weighted by molar-refractivity contribution is 6.03. The van der Waals surface area contributed by atoms with Crippen molar-refractivity contribution in [1.29, 1.82) is 0 Å². The average Bonchev–Trinajstić information content (AvgIpc) is 3.34. The number of amides is 1. The molecule has 0 spiro atoms. The number of halogens is 3. The first-order valence-electron chi connectivity index (χ1n) is 11.5.